The normalized spacial score (nSPS) is 15.1. The second-order valence-electron chi connectivity index (χ2n) is 15.8. The number of esters is 5. The summed E-state index contributed by atoms with van der Waals surface area (Å²) in [4.78, 5) is 77.8. The van der Waals surface area contributed by atoms with Gasteiger partial charge in [0.05, 0.1) is 40.0 Å². The topological polar surface area (TPSA) is 189 Å². The van der Waals surface area contributed by atoms with Gasteiger partial charge in [0, 0.05) is 19.3 Å². The summed E-state index contributed by atoms with van der Waals surface area (Å²) in [5.41, 5.74) is 6.86. The molecule has 0 aromatic carbocycles. The number of aliphatic carboxylic acids is 1. The van der Waals surface area contributed by atoms with Crippen LogP contribution < -0.4 is 0 Å². The van der Waals surface area contributed by atoms with E-state index in [-0.39, 0.29) is 112 Å². The van der Waals surface area contributed by atoms with Crippen LogP contribution in [-0.2, 0) is 52.5 Å². The Labute approximate surface area is 359 Å². The molecule has 0 amide bonds. The average molecular weight is 847 g/mol. The summed E-state index contributed by atoms with van der Waals surface area (Å²) in [6.07, 6.45) is 17.0. The van der Waals surface area contributed by atoms with Crippen LogP contribution in [0.1, 0.15) is 119 Å². The first-order chi connectivity index (χ1) is 29.1. The number of hydrogen-bond donors (Lipinski definition) is 2. The molecule has 0 saturated carbocycles. The van der Waals surface area contributed by atoms with Gasteiger partial charge in [-0.3, -0.25) is 0 Å². The number of aliphatic hydroxyl groups is 1. The fraction of sp³-hybridized carbons (Fsp3) is 0.500. The van der Waals surface area contributed by atoms with Crippen molar-refractivity contribution in [2.75, 3.05) is 39.6 Å². The minimum Gasteiger partial charge on any atom is -0.478 e. The van der Waals surface area contributed by atoms with Crippen molar-refractivity contribution in [1.82, 2.24) is 0 Å². The lowest BCUT2D eigenvalue weighted by Crippen LogP contribution is -2.23. The third-order valence-electron chi connectivity index (χ3n) is 10.1. The van der Waals surface area contributed by atoms with E-state index >= 15 is 0 Å². The molecule has 3 aliphatic carbocycles. The van der Waals surface area contributed by atoms with Crippen LogP contribution in [0.4, 0.5) is 0 Å². The van der Waals surface area contributed by atoms with Gasteiger partial charge in [0.1, 0.15) is 33.0 Å². The van der Waals surface area contributed by atoms with E-state index < -0.39 is 35.8 Å². The van der Waals surface area contributed by atoms with E-state index in [4.69, 9.17) is 28.8 Å². The zero-order chi connectivity index (χ0) is 44.9. The number of carbonyl (C=O) groups excluding carboxylic acids is 5. The van der Waals surface area contributed by atoms with Crippen LogP contribution in [0.2, 0.25) is 0 Å². The van der Waals surface area contributed by atoms with Crippen molar-refractivity contribution in [3.05, 3.63) is 103 Å². The predicted octanol–water partition coefficient (Wildman–Crippen LogP) is 8.07. The molecule has 61 heavy (non-hydrogen) atoms. The molecule has 0 heterocycles. The van der Waals surface area contributed by atoms with E-state index in [0.717, 1.165) is 47.1 Å². The largest absolute Gasteiger partial charge is 0.478 e. The van der Waals surface area contributed by atoms with Crippen molar-refractivity contribution in [2.45, 2.75) is 119 Å². The quantitative estimate of drug-likeness (QED) is 0.0435. The van der Waals surface area contributed by atoms with Crippen LogP contribution >= 0.6 is 0 Å². The monoisotopic (exact) mass is 846 g/mol. The maximum absolute atomic E-state index is 13.5. The Morgan fingerprint density at radius 2 is 0.738 bits per heavy atom. The van der Waals surface area contributed by atoms with E-state index in [2.05, 4.69) is 18.2 Å². The van der Waals surface area contributed by atoms with Gasteiger partial charge in [0.25, 0.3) is 0 Å². The van der Waals surface area contributed by atoms with Gasteiger partial charge in [0.2, 0.25) is 0 Å². The maximum Gasteiger partial charge on any atom is 0.335 e. The SMILES string of the molecule is CC(C)=CCCC1=CCC(C(=O)O)=C(C(=O)OCCOC(=O)C2=C(C(=O)OCCOC(=O)C3=C(C(=O)OCCO)CC(CCC=C(C)C)=CC3)CC(CCC=C(C)C)=CC2)C1. The Bertz CT molecular complexity index is 1950. The summed E-state index contributed by atoms with van der Waals surface area (Å²) < 4.78 is 26.8. The van der Waals surface area contributed by atoms with Crippen molar-refractivity contribution in [2.24, 2.45) is 0 Å². The lowest BCUT2D eigenvalue weighted by Gasteiger charge is -2.20. The number of carboxylic acids is 1. The summed E-state index contributed by atoms with van der Waals surface area (Å²) in [7, 11) is 0. The third kappa shape index (κ3) is 17.1. The summed E-state index contributed by atoms with van der Waals surface area (Å²) in [6, 6.07) is 0. The van der Waals surface area contributed by atoms with Crippen LogP contribution in [0.15, 0.2) is 103 Å². The van der Waals surface area contributed by atoms with Gasteiger partial charge in [-0.2, -0.15) is 0 Å². The molecule has 0 radical (unpaired) electrons. The van der Waals surface area contributed by atoms with Crippen molar-refractivity contribution in [1.29, 1.82) is 0 Å². The number of aliphatic hydroxyl groups excluding tert-OH is 1. The Morgan fingerprint density at radius 1 is 0.459 bits per heavy atom. The molecule has 0 saturated heterocycles. The molecule has 0 aliphatic heterocycles. The highest BCUT2D eigenvalue weighted by atomic mass is 16.6. The summed E-state index contributed by atoms with van der Waals surface area (Å²) >= 11 is 0. The molecular formula is C48H62O13. The molecule has 2 N–H and O–H groups in total. The minimum absolute atomic E-state index is 0.0304. The molecule has 0 aromatic heterocycles. The van der Waals surface area contributed by atoms with Crippen LogP contribution in [0.25, 0.3) is 0 Å². The van der Waals surface area contributed by atoms with Gasteiger partial charge in [-0.1, -0.05) is 69.9 Å². The zero-order valence-corrected chi connectivity index (χ0v) is 36.6. The third-order valence-corrected chi connectivity index (χ3v) is 10.1. The van der Waals surface area contributed by atoms with E-state index in [9.17, 15) is 33.9 Å². The minimum atomic E-state index is -1.20. The Balaban J connectivity index is 1.64. The number of hydrogen-bond acceptors (Lipinski definition) is 12. The molecule has 0 bridgehead atoms. The first-order valence-electron chi connectivity index (χ1n) is 20.9. The molecule has 0 spiro atoms. The van der Waals surface area contributed by atoms with Crippen molar-refractivity contribution < 1.29 is 62.7 Å². The first kappa shape index (κ1) is 49.8. The smallest absolute Gasteiger partial charge is 0.335 e. The summed E-state index contributed by atoms with van der Waals surface area (Å²) in [5, 5.41) is 18.9. The fourth-order valence-electron chi connectivity index (χ4n) is 6.86. The molecular weight excluding hydrogens is 785 g/mol. The Morgan fingerprint density at radius 3 is 1.03 bits per heavy atom. The van der Waals surface area contributed by atoms with Gasteiger partial charge < -0.3 is 33.9 Å². The second kappa shape index (κ2) is 25.9. The van der Waals surface area contributed by atoms with Crippen molar-refractivity contribution in [3.8, 4) is 0 Å². The van der Waals surface area contributed by atoms with Crippen LogP contribution in [0.5, 0.6) is 0 Å². The van der Waals surface area contributed by atoms with E-state index in [0.29, 0.717) is 19.3 Å². The lowest BCUT2D eigenvalue weighted by molar-refractivity contribution is -0.149. The number of rotatable bonds is 23. The van der Waals surface area contributed by atoms with Crippen LogP contribution in [0, 0.1) is 0 Å². The molecule has 0 atom stereocenters. The summed E-state index contributed by atoms with van der Waals surface area (Å²) in [5.74, 6) is -5.02. The van der Waals surface area contributed by atoms with Crippen molar-refractivity contribution >= 4 is 35.8 Å². The molecule has 0 aromatic rings. The summed E-state index contributed by atoms with van der Waals surface area (Å²) in [6.45, 7) is 10.1. The fourth-order valence-corrected chi connectivity index (χ4v) is 6.86. The van der Waals surface area contributed by atoms with Gasteiger partial charge >= 0.3 is 35.8 Å². The Hall–Kier alpha value is -5.56. The van der Waals surface area contributed by atoms with Gasteiger partial charge in [-0.05, 0) is 99.3 Å². The molecule has 13 nitrogen and oxygen atoms in total. The molecule has 13 heteroatoms. The van der Waals surface area contributed by atoms with Gasteiger partial charge in [0.15, 0.2) is 0 Å². The zero-order valence-electron chi connectivity index (χ0n) is 36.6. The number of carboxylic acid groups (broad SMARTS) is 1. The first-order valence-corrected chi connectivity index (χ1v) is 20.9. The highest BCUT2D eigenvalue weighted by Crippen LogP contribution is 2.32. The van der Waals surface area contributed by atoms with E-state index in [1.165, 1.54) is 5.57 Å². The van der Waals surface area contributed by atoms with E-state index in [1.54, 1.807) is 0 Å². The highest BCUT2D eigenvalue weighted by Gasteiger charge is 2.30. The average Bonchev–Trinajstić information content (AvgIpc) is 3.22. The number of carbonyl (C=O) groups is 6. The molecule has 3 rings (SSSR count). The molecule has 0 fully saturated rings. The standard InChI is InChI=1S/C48H62O13/c1-31(2)10-7-13-34-16-19-37(43(50)51)40(28-34)46(54)60-26-24-58-45(53)39-21-18-36(15-9-12-33(5)6)30-42(39)48(56)61-27-25-59-44(52)38-20-17-35(14-8-11-32(3)4)29-41(38)47(55)57-23-22-49/h10-12,16-18,49H,7-9,13-15,19-30H2,1-6H3,(H,50,51). The maximum atomic E-state index is 13.5. The number of ether oxygens (including phenoxy) is 5. The van der Waals surface area contributed by atoms with Gasteiger partial charge in [-0.25, -0.2) is 28.8 Å². The van der Waals surface area contributed by atoms with Crippen LogP contribution in [0.3, 0.4) is 0 Å². The Kier molecular flexibility index (Phi) is 21.2. The lowest BCUT2D eigenvalue weighted by atomic mass is 9.89. The van der Waals surface area contributed by atoms with Crippen molar-refractivity contribution in [3.63, 3.8) is 0 Å². The molecule has 0 unspecified atom stereocenters. The van der Waals surface area contributed by atoms with Crippen LogP contribution in [-0.4, -0.2) is 85.7 Å². The predicted molar refractivity (Wildman–Crippen MR) is 229 cm³/mol. The number of allylic oxidation sites excluding steroid dienone is 12. The highest BCUT2D eigenvalue weighted by molar-refractivity contribution is 6.03. The molecule has 332 valence electrons. The second-order valence-corrected chi connectivity index (χ2v) is 15.8. The van der Waals surface area contributed by atoms with Gasteiger partial charge in [-0.15, -0.1) is 0 Å². The molecule has 3 aliphatic rings. The van der Waals surface area contributed by atoms with E-state index in [1.807, 2.05) is 59.8 Å².